The topological polar surface area (TPSA) is 56.5 Å². The van der Waals surface area contributed by atoms with Gasteiger partial charge in [-0.2, -0.15) is 5.10 Å². The molecule has 2 heterocycles. The number of benzene rings is 1. The Bertz CT molecular complexity index is 906. The SMILES string of the molecule is COC(=O)c1cccc([C@H]2C[C@@H]2c2cc(Cl)nn3ccnc23)c1. The fourth-order valence-electron chi connectivity index (χ4n) is 3.10. The Morgan fingerprint density at radius 1 is 1.35 bits per heavy atom. The number of aromatic nitrogens is 3. The minimum Gasteiger partial charge on any atom is -0.465 e. The molecule has 1 aromatic carbocycles. The van der Waals surface area contributed by atoms with Crippen molar-refractivity contribution in [3.05, 3.63) is 64.6 Å². The van der Waals surface area contributed by atoms with E-state index in [1.165, 1.54) is 7.11 Å². The smallest absolute Gasteiger partial charge is 0.337 e. The molecule has 1 aliphatic rings. The first kappa shape index (κ1) is 14.2. The molecule has 6 heteroatoms. The summed E-state index contributed by atoms with van der Waals surface area (Å²) in [4.78, 5) is 16.1. The van der Waals surface area contributed by atoms with E-state index in [-0.39, 0.29) is 5.97 Å². The summed E-state index contributed by atoms with van der Waals surface area (Å²) < 4.78 is 6.49. The lowest BCUT2D eigenvalue weighted by atomic mass is 10.0. The van der Waals surface area contributed by atoms with E-state index in [0.29, 0.717) is 22.6 Å². The molecule has 23 heavy (non-hydrogen) atoms. The second-order valence-electron chi connectivity index (χ2n) is 5.68. The zero-order valence-corrected chi connectivity index (χ0v) is 13.2. The molecule has 0 unspecified atom stereocenters. The average Bonchev–Trinajstić information content (AvgIpc) is 3.23. The van der Waals surface area contributed by atoms with Gasteiger partial charge in [0.15, 0.2) is 5.65 Å². The van der Waals surface area contributed by atoms with Crippen LogP contribution >= 0.6 is 11.6 Å². The summed E-state index contributed by atoms with van der Waals surface area (Å²) in [6.45, 7) is 0. The molecular weight excluding hydrogens is 314 g/mol. The van der Waals surface area contributed by atoms with E-state index in [1.807, 2.05) is 24.3 Å². The highest BCUT2D eigenvalue weighted by Gasteiger charge is 2.41. The van der Waals surface area contributed by atoms with Crippen molar-refractivity contribution in [2.75, 3.05) is 7.11 Å². The number of ether oxygens (including phenoxy) is 1. The van der Waals surface area contributed by atoms with Crippen LogP contribution in [0.15, 0.2) is 42.7 Å². The molecule has 2 aromatic heterocycles. The van der Waals surface area contributed by atoms with Crippen molar-refractivity contribution in [1.29, 1.82) is 0 Å². The minimum absolute atomic E-state index is 0.313. The highest BCUT2D eigenvalue weighted by molar-refractivity contribution is 6.29. The summed E-state index contributed by atoms with van der Waals surface area (Å²) in [5.41, 5.74) is 3.65. The number of rotatable bonds is 3. The molecule has 0 amide bonds. The molecule has 1 saturated carbocycles. The van der Waals surface area contributed by atoms with Crippen LogP contribution in [0, 0.1) is 0 Å². The first-order valence-electron chi connectivity index (χ1n) is 7.35. The zero-order chi connectivity index (χ0) is 16.0. The summed E-state index contributed by atoms with van der Waals surface area (Å²) in [5, 5.41) is 4.67. The van der Waals surface area contributed by atoms with Crippen LogP contribution in [0.25, 0.3) is 5.65 Å². The average molecular weight is 328 g/mol. The van der Waals surface area contributed by atoms with E-state index >= 15 is 0 Å². The summed E-state index contributed by atoms with van der Waals surface area (Å²) in [5.74, 6) is 0.388. The second-order valence-corrected chi connectivity index (χ2v) is 6.07. The number of esters is 1. The van der Waals surface area contributed by atoms with Gasteiger partial charge in [-0.3, -0.25) is 0 Å². The molecule has 0 aliphatic heterocycles. The highest BCUT2D eigenvalue weighted by Crippen LogP contribution is 2.55. The van der Waals surface area contributed by atoms with Crippen molar-refractivity contribution >= 4 is 23.2 Å². The lowest BCUT2D eigenvalue weighted by Gasteiger charge is -2.06. The largest absolute Gasteiger partial charge is 0.465 e. The third-order valence-electron chi connectivity index (χ3n) is 4.28. The van der Waals surface area contributed by atoms with Crippen LogP contribution in [0.3, 0.4) is 0 Å². The predicted molar refractivity (Wildman–Crippen MR) is 85.9 cm³/mol. The predicted octanol–water partition coefficient (Wildman–Crippen LogP) is 3.44. The third-order valence-corrected chi connectivity index (χ3v) is 4.47. The van der Waals surface area contributed by atoms with Gasteiger partial charge in [0.05, 0.1) is 12.7 Å². The van der Waals surface area contributed by atoms with Crippen molar-refractivity contribution in [2.45, 2.75) is 18.3 Å². The molecule has 2 atom stereocenters. The van der Waals surface area contributed by atoms with E-state index in [0.717, 1.165) is 23.2 Å². The van der Waals surface area contributed by atoms with Gasteiger partial charge in [-0.25, -0.2) is 14.3 Å². The van der Waals surface area contributed by atoms with Crippen molar-refractivity contribution in [1.82, 2.24) is 14.6 Å². The molecule has 3 aromatic rings. The quantitative estimate of drug-likeness (QED) is 0.691. The Morgan fingerprint density at radius 3 is 3.04 bits per heavy atom. The van der Waals surface area contributed by atoms with E-state index in [4.69, 9.17) is 16.3 Å². The summed E-state index contributed by atoms with van der Waals surface area (Å²) >= 11 is 6.11. The fraction of sp³-hybridized carbons (Fsp3) is 0.235. The molecule has 0 N–H and O–H groups in total. The first-order chi connectivity index (χ1) is 11.2. The summed E-state index contributed by atoms with van der Waals surface area (Å²) in [6.07, 6.45) is 4.52. The molecule has 0 saturated heterocycles. The van der Waals surface area contributed by atoms with Crippen molar-refractivity contribution in [3.63, 3.8) is 0 Å². The Kier molecular flexibility index (Phi) is 3.31. The number of carbonyl (C=O) groups is 1. The van der Waals surface area contributed by atoms with E-state index < -0.39 is 0 Å². The van der Waals surface area contributed by atoms with Crippen LogP contribution in [-0.2, 0) is 4.74 Å². The molecule has 0 radical (unpaired) electrons. The first-order valence-corrected chi connectivity index (χ1v) is 7.73. The second kappa shape index (κ2) is 5.35. The van der Waals surface area contributed by atoms with E-state index in [2.05, 4.69) is 10.1 Å². The van der Waals surface area contributed by atoms with Gasteiger partial charge in [-0.15, -0.1) is 0 Å². The lowest BCUT2D eigenvalue weighted by Crippen LogP contribution is -2.01. The number of fused-ring (bicyclic) bond motifs is 1. The summed E-state index contributed by atoms with van der Waals surface area (Å²) in [6, 6.07) is 9.49. The van der Waals surface area contributed by atoms with Crippen LogP contribution in [0.4, 0.5) is 0 Å². The van der Waals surface area contributed by atoms with Gasteiger partial charge in [0.25, 0.3) is 0 Å². The minimum atomic E-state index is -0.313. The van der Waals surface area contributed by atoms with Gasteiger partial charge in [0.1, 0.15) is 5.15 Å². The molecule has 1 aliphatic carbocycles. The van der Waals surface area contributed by atoms with Gasteiger partial charge in [0, 0.05) is 18.0 Å². The van der Waals surface area contributed by atoms with Crippen molar-refractivity contribution in [2.24, 2.45) is 0 Å². The molecule has 5 nitrogen and oxygen atoms in total. The third kappa shape index (κ3) is 2.47. The molecule has 1 fully saturated rings. The normalized spacial score (nSPS) is 19.7. The van der Waals surface area contributed by atoms with Gasteiger partial charge in [-0.1, -0.05) is 23.7 Å². The van der Waals surface area contributed by atoms with Gasteiger partial charge >= 0.3 is 5.97 Å². The number of imidazole rings is 1. The van der Waals surface area contributed by atoms with Gasteiger partial charge < -0.3 is 4.74 Å². The van der Waals surface area contributed by atoms with Crippen LogP contribution in [0.5, 0.6) is 0 Å². The van der Waals surface area contributed by atoms with Crippen molar-refractivity contribution < 1.29 is 9.53 Å². The van der Waals surface area contributed by atoms with Crippen molar-refractivity contribution in [3.8, 4) is 0 Å². The van der Waals surface area contributed by atoms with Crippen LogP contribution in [0.1, 0.15) is 39.7 Å². The molecule has 0 bridgehead atoms. The van der Waals surface area contributed by atoms with Crippen LogP contribution in [0.2, 0.25) is 5.15 Å². The Hall–Kier alpha value is -2.40. The van der Waals surface area contributed by atoms with Gasteiger partial charge in [0.2, 0.25) is 0 Å². The highest BCUT2D eigenvalue weighted by atomic mass is 35.5. The van der Waals surface area contributed by atoms with Crippen LogP contribution in [-0.4, -0.2) is 27.7 Å². The maximum absolute atomic E-state index is 11.7. The summed E-state index contributed by atoms with van der Waals surface area (Å²) in [7, 11) is 1.39. The Balaban J connectivity index is 1.67. The van der Waals surface area contributed by atoms with Crippen LogP contribution < -0.4 is 0 Å². The number of nitrogens with zero attached hydrogens (tertiary/aromatic N) is 3. The Morgan fingerprint density at radius 2 is 2.22 bits per heavy atom. The van der Waals surface area contributed by atoms with E-state index in [9.17, 15) is 4.79 Å². The lowest BCUT2D eigenvalue weighted by molar-refractivity contribution is 0.0600. The number of hydrogen-bond acceptors (Lipinski definition) is 4. The molecule has 116 valence electrons. The standard InChI is InChI=1S/C17H14ClN3O2/c1-23-17(22)11-4-2-3-10(7-11)12-8-13(12)14-9-15(18)20-21-6-5-19-16(14)21/h2-7,9,12-13H,8H2,1H3/t12-,13+/m1/s1. The van der Waals surface area contributed by atoms with E-state index in [1.54, 1.807) is 23.0 Å². The number of hydrogen-bond donors (Lipinski definition) is 0. The monoisotopic (exact) mass is 327 g/mol. The zero-order valence-electron chi connectivity index (χ0n) is 12.4. The maximum Gasteiger partial charge on any atom is 0.337 e. The molecule has 0 spiro atoms. The maximum atomic E-state index is 11.7. The Labute approximate surface area is 137 Å². The molecular formula is C17H14ClN3O2. The number of methoxy groups -OCH3 is 1. The molecule has 4 rings (SSSR count). The number of halogens is 1. The van der Waals surface area contributed by atoms with Gasteiger partial charge in [-0.05, 0) is 42.0 Å². The fourth-order valence-corrected chi connectivity index (χ4v) is 3.30. The number of carbonyl (C=O) groups excluding carboxylic acids is 1.